The predicted octanol–water partition coefficient (Wildman–Crippen LogP) is 4.40. The van der Waals surface area contributed by atoms with Crippen molar-refractivity contribution >= 4 is 23.5 Å². The molecule has 3 aromatic rings. The molecule has 1 aromatic heterocycles. The van der Waals surface area contributed by atoms with Gasteiger partial charge in [0.1, 0.15) is 23.0 Å². The van der Waals surface area contributed by atoms with Crippen LogP contribution in [0, 0.1) is 5.92 Å². The third-order valence-electron chi connectivity index (χ3n) is 7.92. The van der Waals surface area contributed by atoms with Crippen LogP contribution >= 0.6 is 0 Å². The van der Waals surface area contributed by atoms with Crippen molar-refractivity contribution in [1.29, 1.82) is 0 Å². The van der Waals surface area contributed by atoms with Gasteiger partial charge in [0.2, 0.25) is 5.91 Å². The Bertz CT molecular complexity index is 1400. The molecule has 0 radical (unpaired) electrons. The molecule has 218 valence electrons. The number of nitrogens with zero attached hydrogens (tertiary/aromatic N) is 2. The number of fused-ring (bicyclic) bond motifs is 1. The molecular weight excluding hydrogens is 516 g/mol. The number of anilines is 1. The van der Waals surface area contributed by atoms with E-state index in [0.717, 1.165) is 24.0 Å². The molecule has 0 saturated carbocycles. The minimum atomic E-state index is -1.49. The molecule has 41 heavy (non-hydrogen) atoms. The number of benzene rings is 2. The van der Waals surface area contributed by atoms with Crippen LogP contribution < -0.4 is 21.7 Å². The van der Waals surface area contributed by atoms with Gasteiger partial charge >= 0.3 is 0 Å². The van der Waals surface area contributed by atoms with Gasteiger partial charge in [-0.1, -0.05) is 75.4 Å². The summed E-state index contributed by atoms with van der Waals surface area (Å²) in [6.07, 6.45) is 3.54. The Morgan fingerprint density at radius 2 is 1.78 bits per heavy atom. The van der Waals surface area contributed by atoms with E-state index >= 15 is 0 Å². The second-order valence-electron chi connectivity index (χ2n) is 12.1. The molecule has 2 unspecified atom stereocenters. The number of nitrogens with two attached hydrogens (primary N) is 1. The fourth-order valence-electron chi connectivity index (χ4n) is 5.45. The average molecular weight is 559 g/mol. The Balaban J connectivity index is 1.69. The molecule has 9 nitrogen and oxygen atoms in total. The van der Waals surface area contributed by atoms with Gasteiger partial charge < -0.3 is 21.7 Å². The summed E-state index contributed by atoms with van der Waals surface area (Å²) in [7, 11) is 0. The van der Waals surface area contributed by atoms with E-state index in [2.05, 4.69) is 47.0 Å². The number of aromatic nitrogens is 2. The summed E-state index contributed by atoms with van der Waals surface area (Å²) >= 11 is 0. The first-order chi connectivity index (χ1) is 19.4. The number of hydrogen-bond acceptors (Lipinski definition) is 5. The topological polar surface area (TPSA) is 131 Å². The molecule has 0 aliphatic carbocycles. The highest BCUT2D eigenvalue weighted by Gasteiger charge is 2.41. The van der Waals surface area contributed by atoms with Gasteiger partial charge in [0.25, 0.3) is 11.8 Å². The number of hydrogen-bond donors (Lipinski definition) is 4. The molecular formula is C32H42N6O3. The van der Waals surface area contributed by atoms with Crippen LogP contribution in [0.5, 0.6) is 0 Å². The number of amides is 3. The quantitative estimate of drug-likeness (QED) is 0.293. The molecule has 2 aromatic carbocycles. The van der Waals surface area contributed by atoms with Gasteiger partial charge in [-0.15, -0.1) is 0 Å². The molecule has 3 atom stereocenters. The van der Waals surface area contributed by atoms with E-state index < -0.39 is 29.3 Å². The van der Waals surface area contributed by atoms with Crippen LogP contribution in [0.2, 0.25) is 0 Å². The van der Waals surface area contributed by atoms with E-state index in [-0.39, 0.29) is 17.5 Å². The van der Waals surface area contributed by atoms with Crippen LogP contribution in [0.4, 0.5) is 5.82 Å². The van der Waals surface area contributed by atoms with Gasteiger partial charge in [0.05, 0.1) is 17.8 Å². The maximum Gasteiger partial charge on any atom is 0.257 e. The monoisotopic (exact) mass is 558 g/mol. The Labute approximate surface area is 242 Å². The average Bonchev–Trinajstić information content (AvgIpc) is 3.38. The van der Waals surface area contributed by atoms with Crippen molar-refractivity contribution in [3.05, 3.63) is 83.0 Å². The summed E-state index contributed by atoms with van der Waals surface area (Å²) in [5, 5.41) is 13.9. The first kappa shape index (κ1) is 29.8. The van der Waals surface area contributed by atoms with Crippen LogP contribution in [0.25, 0.3) is 0 Å². The third kappa shape index (κ3) is 6.29. The van der Waals surface area contributed by atoms with E-state index in [1.54, 1.807) is 6.92 Å². The lowest BCUT2D eigenvalue weighted by molar-refractivity contribution is -0.131. The van der Waals surface area contributed by atoms with E-state index in [1.165, 1.54) is 6.20 Å². The van der Waals surface area contributed by atoms with Gasteiger partial charge in [-0.05, 0) is 62.6 Å². The number of carbonyl (C=O) groups excluding carboxylic acids is 3. The van der Waals surface area contributed by atoms with Crippen LogP contribution in [0.1, 0.15) is 87.5 Å². The van der Waals surface area contributed by atoms with Crippen LogP contribution in [0.15, 0.2) is 60.8 Å². The Hall–Kier alpha value is -4.14. The fourth-order valence-corrected chi connectivity index (χ4v) is 5.45. The van der Waals surface area contributed by atoms with E-state index in [4.69, 9.17) is 5.73 Å². The maximum atomic E-state index is 14.0. The first-order valence-corrected chi connectivity index (χ1v) is 14.3. The predicted molar refractivity (Wildman–Crippen MR) is 160 cm³/mol. The minimum absolute atomic E-state index is 0.0226. The number of carbonyl (C=O) groups is 3. The van der Waals surface area contributed by atoms with Gasteiger partial charge in [0.15, 0.2) is 0 Å². The summed E-state index contributed by atoms with van der Waals surface area (Å²) in [5.41, 5.74) is 6.91. The second kappa shape index (κ2) is 11.8. The van der Waals surface area contributed by atoms with Crippen molar-refractivity contribution in [2.24, 2.45) is 11.7 Å². The SMILES string of the molecule is CCc1ccc(C(C)(NC(=O)c2cnn3c2NC(c2ccccc2)CC3(C)C)C(=O)N[C@@H](CC(C)C)C(N)=O)cc1. The minimum Gasteiger partial charge on any atom is -0.368 e. The summed E-state index contributed by atoms with van der Waals surface area (Å²) in [6.45, 7) is 11.8. The van der Waals surface area contributed by atoms with Crippen LogP contribution in [-0.2, 0) is 27.1 Å². The van der Waals surface area contributed by atoms with Crippen LogP contribution in [-0.4, -0.2) is 33.5 Å². The van der Waals surface area contributed by atoms with E-state index in [1.807, 2.05) is 67.9 Å². The molecule has 0 spiro atoms. The van der Waals surface area contributed by atoms with Gasteiger partial charge in [-0.25, -0.2) is 4.68 Å². The molecule has 0 saturated heterocycles. The normalized spacial score (nSPS) is 18.0. The lowest BCUT2D eigenvalue weighted by Gasteiger charge is -2.38. The Kier molecular flexibility index (Phi) is 8.56. The molecule has 0 fully saturated rings. The maximum absolute atomic E-state index is 14.0. The number of primary amides is 1. The van der Waals surface area contributed by atoms with Crippen molar-refractivity contribution in [3.8, 4) is 0 Å². The van der Waals surface area contributed by atoms with E-state index in [0.29, 0.717) is 23.4 Å². The highest BCUT2D eigenvalue weighted by molar-refractivity contribution is 6.03. The third-order valence-corrected chi connectivity index (χ3v) is 7.92. The zero-order valence-electron chi connectivity index (χ0n) is 24.8. The Morgan fingerprint density at radius 3 is 2.37 bits per heavy atom. The highest BCUT2D eigenvalue weighted by Crippen LogP contribution is 2.40. The lowest BCUT2D eigenvalue weighted by atomic mass is 9.88. The molecule has 3 amide bonds. The van der Waals surface area contributed by atoms with Gasteiger partial charge in [-0.3, -0.25) is 14.4 Å². The lowest BCUT2D eigenvalue weighted by Crippen LogP contribution is -2.58. The van der Waals surface area contributed by atoms with E-state index in [9.17, 15) is 14.4 Å². The smallest absolute Gasteiger partial charge is 0.257 e. The summed E-state index contributed by atoms with van der Waals surface area (Å²) in [6, 6.07) is 16.7. The number of nitrogens with one attached hydrogen (secondary N) is 3. The summed E-state index contributed by atoms with van der Waals surface area (Å²) in [4.78, 5) is 40.0. The zero-order chi connectivity index (χ0) is 29.9. The largest absolute Gasteiger partial charge is 0.368 e. The molecule has 0 bridgehead atoms. The van der Waals surface area contributed by atoms with Crippen molar-refractivity contribution in [3.63, 3.8) is 0 Å². The fraction of sp³-hybridized carbons (Fsp3) is 0.438. The summed E-state index contributed by atoms with van der Waals surface area (Å²) in [5.74, 6) is -0.878. The van der Waals surface area contributed by atoms with Crippen molar-refractivity contribution in [2.45, 2.75) is 84.0 Å². The molecule has 1 aliphatic rings. The highest BCUT2D eigenvalue weighted by atomic mass is 16.2. The number of rotatable bonds is 10. The second-order valence-corrected chi connectivity index (χ2v) is 12.1. The van der Waals surface area contributed by atoms with Crippen molar-refractivity contribution < 1.29 is 14.4 Å². The summed E-state index contributed by atoms with van der Waals surface area (Å²) < 4.78 is 1.83. The molecule has 4 rings (SSSR count). The van der Waals surface area contributed by atoms with Gasteiger partial charge in [0, 0.05) is 0 Å². The molecule has 9 heteroatoms. The molecule has 5 N–H and O–H groups in total. The zero-order valence-corrected chi connectivity index (χ0v) is 24.8. The van der Waals surface area contributed by atoms with Crippen molar-refractivity contribution in [1.82, 2.24) is 20.4 Å². The Morgan fingerprint density at radius 1 is 1.12 bits per heavy atom. The molecule has 2 heterocycles. The first-order valence-electron chi connectivity index (χ1n) is 14.3. The molecule has 1 aliphatic heterocycles. The number of aryl methyl sites for hydroxylation is 1. The van der Waals surface area contributed by atoms with Gasteiger partial charge in [-0.2, -0.15) is 5.10 Å². The van der Waals surface area contributed by atoms with Crippen molar-refractivity contribution in [2.75, 3.05) is 5.32 Å². The van der Waals surface area contributed by atoms with Crippen LogP contribution in [0.3, 0.4) is 0 Å². The standard InChI is InChI=1S/C32H42N6O3/c1-7-21-13-15-23(16-14-21)32(6,30(41)36-25(27(33)39)17-20(2)3)37-29(40)24-19-34-38-28(24)35-26(18-31(38,4)5)22-11-9-8-10-12-22/h8-16,19-20,25-26,35H,7,17-18H2,1-6H3,(H2,33,39)(H,36,41)(H,37,40)/t25-,26?,32?/m0/s1.